The number of carbonyl (C=O) groups is 1. The van der Waals surface area contributed by atoms with Crippen molar-refractivity contribution in [1.82, 2.24) is 9.62 Å². The lowest BCUT2D eigenvalue weighted by atomic mass is 10.2. The molecule has 17 heavy (non-hydrogen) atoms. The van der Waals surface area contributed by atoms with Crippen LogP contribution >= 0.6 is 0 Å². The minimum atomic E-state index is -3.42. The van der Waals surface area contributed by atoms with Gasteiger partial charge in [0, 0.05) is 19.1 Å². The van der Waals surface area contributed by atoms with E-state index in [4.69, 9.17) is 0 Å². The second-order valence-corrected chi connectivity index (χ2v) is 7.45. The Kier molecular flexibility index (Phi) is 4.19. The molecule has 1 aliphatic rings. The van der Waals surface area contributed by atoms with Gasteiger partial charge in [0.2, 0.25) is 0 Å². The Bertz CT molecular complexity index is 390. The van der Waals surface area contributed by atoms with Gasteiger partial charge < -0.3 is 5.32 Å². The molecule has 1 aliphatic heterocycles. The number of nitrogens with zero attached hydrogens (tertiary/aromatic N) is 1. The molecule has 0 aromatic carbocycles. The van der Waals surface area contributed by atoms with Crippen molar-refractivity contribution < 1.29 is 13.2 Å². The zero-order valence-electron chi connectivity index (χ0n) is 11.0. The number of amides is 1. The maximum Gasteiger partial charge on any atom is 0.258 e. The Balaban J connectivity index is 2.43. The number of hydrogen-bond donors (Lipinski definition) is 1. The fourth-order valence-electron chi connectivity index (χ4n) is 1.93. The van der Waals surface area contributed by atoms with Gasteiger partial charge in [-0.2, -0.15) is 0 Å². The molecule has 0 radical (unpaired) electrons. The molecule has 0 spiro atoms. The highest BCUT2D eigenvalue weighted by Gasteiger charge is 2.59. The van der Waals surface area contributed by atoms with Crippen molar-refractivity contribution >= 4 is 15.9 Å². The van der Waals surface area contributed by atoms with Gasteiger partial charge in [0.25, 0.3) is 15.9 Å². The SMILES string of the molecule is CCCC(C)NCCN1C(=O)C(C)(C)S1(=O)=O. The second-order valence-electron chi connectivity index (χ2n) is 5.04. The molecular formula is C11H22N2O3S. The molecular weight excluding hydrogens is 240 g/mol. The van der Waals surface area contributed by atoms with Gasteiger partial charge in [0.15, 0.2) is 4.75 Å². The average molecular weight is 262 g/mol. The van der Waals surface area contributed by atoms with Gasteiger partial charge >= 0.3 is 0 Å². The highest BCUT2D eigenvalue weighted by molar-refractivity contribution is 7.94. The van der Waals surface area contributed by atoms with Crippen molar-refractivity contribution in [2.75, 3.05) is 13.1 Å². The molecule has 1 amide bonds. The van der Waals surface area contributed by atoms with Crippen molar-refractivity contribution in [1.29, 1.82) is 0 Å². The molecule has 6 heteroatoms. The number of carbonyl (C=O) groups excluding carboxylic acids is 1. The van der Waals surface area contributed by atoms with Crippen molar-refractivity contribution in [2.45, 2.75) is 51.3 Å². The Morgan fingerprint density at radius 1 is 1.41 bits per heavy atom. The third-order valence-corrected chi connectivity index (χ3v) is 5.60. The fraction of sp³-hybridized carbons (Fsp3) is 0.909. The largest absolute Gasteiger partial charge is 0.312 e. The van der Waals surface area contributed by atoms with E-state index >= 15 is 0 Å². The maximum absolute atomic E-state index is 11.8. The summed E-state index contributed by atoms with van der Waals surface area (Å²) in [4.78, 5) is 11.6. The van der Waals surface area contributed by atoms with Gasteiger partial charge in [-0.1, -0.05) is 13.3 Å². The van der Waals surface area contributed by atoms with E-state index < -0.39 is 14.8 Å². The minimum absolute atomic E-state index is 0.235. The van der Waals surface area contributed by atoms with Gasteiger partial charge in [0.05, 0.1) is 0 Å². The van der Waals surface area contributed by atoms with Crippen LogP contribution < -0.4 is 5.32 Å². The molecule has 0 bridgehead atoms. The van der Waals surface area contributed by atoms with Gasteiger partial charge in [-0.15, -0.1) is 0 Å². The van der Waals surface area contributed by atoms with Crippen LogP contribution in [-0.2, 0) is 14.8 Å². The summed E-state index contributed by atoms with van der Waals surface area (Å²) < 4.78 is 23.3. The molecule has 1 atom stereocenters. The Morgan fingerprint density at radius 2 is 2.00 bits per heavy atom. The second kappa shape index (κ2) is 4.94. The van der Waals surface area contributed by atoms with E-state index in [9.17, 15) is 13.2 Å². The number of nitrogens with one attached hydrogen (secondary N) is 1. The van der Waals surface area contributed by atoms with E-state index in [1.54, 1.807) is 0 Å². The van der Waals surface area contributed by atoms with Crippen LogP contribution in [0.5, 0.6) is 0 Å². The van der Waals surface area contributed by atoms with E-state index in [-0.39, 0.29) is 12.5 Å². The lowest BCUT2D eigenvalue weighted by molar-refractivity contribution is -0.132. The topological polar surface area (TPSA) is 66.5 Å². The van der Waals surface area contributed by atoms with E-state index in [1.807, 2.05) is 0 Å². The Hall–Kier alpha value is -0.620. The predicted octanol–water partition coefficient (Wildman–Crippen LogP) is 0.715. The summed E-state index contributed by atoms with van der Waals surface area (Å²) in [6.07, 6.45) is 2.13. The lowest BCUT2D eigenvalue weighted by Gasteiger charge is -2.43. The quantitative estimate of drug-likeness (QED) is 0.766. The van der Waals surface area contributed by atoms with Crippen LogP contribution in [0.15, 0.2) is 0 Å². The smallest absolute Gasteiger partial charge is 0.258 e. The first-order valence-corrected chi connectivity index (χ1v) is 7.49. The van der Waals surface area contributed by atoms with Crippen LogP contribution in [0.4, 0.5) is 0 Å². The molecule has 1 heterocycles. The molecule has 5 nitrogen and oxygen atoms in total. The lowest BCUT2D eigenvalue weighted by Crippen LogP contribution is -2.68. The standard InChI is InChI=1S/C11H22N2O3S/c1-5-6-9(2)12-7-8-13-10(14)11(3,4)17(13,15)16/h9,12H,5-8H2,1-4H3. The summed E-state index contributed by atoms with van der Waals surface area (Å²) in [5.74, 6) is -0.303. The monoisotopic (exact) mass is 262 g/mol. The highest BCUT2D eigenvalue weighted by atomic mass is 32.2. The molecule has 1 rings (SSSR count). The van der Waals surface area contributed by atoms with Crippen molar-refractivity contribution in [3.05, 3.63) is 0 Å². The van der Waals surface area contributed by atoms with E-state index in [2.05, 4.69) is 19.2 Å². The molecule has 0 saturated carbocycles. The summed E-state index contributed by atoms with van der Waals surface area (Å²) in [6.45, 7) is 7.81. The first kappa shape index (κ1) is 14.4. The average Bonchev–Trinajstić information content (AvgIpc) is 2.23. The van der Waals surface area contributed by atoms with Crippen LogP contribution in [0.2, 0.25) is 0 Å². The van der Waals surface area contributed by atoms with Gasteiger partial charge in [-0.3, -0.25) is 4.79 Å². The Morgan fingerprint density at radius 3 is 2.47 bits per heavy atom. The van der Waals surface area contributed by atoms with E-state index in [0.29, 0.717) is 12.6 Å². The van der Waals surface area contributed by atoms with Crippen LogP contribution in [0.25, 0.3) is 0 Å². The minimum Gasteiger partial charge on any atom is -0.312 e. The predicted molar refractivity (Wildman–Crippen MR) is 67.1 cm³/mol. The molecule has 100 valence electrons. The van der Waals surface area contributed by atoms with E-state index in [1.165, 1.54) is 13.8 Å². The van der Waals surface area contributed by atoms with Gasteiger partial charge in [0.1, 0.15) is 0 Å². The molecule has 1 saturated heterocycles. The first-order valence-electron chi connectivity index (χ1n) is 6.05. The third-order valence-electron chi connectivity index (χ3n) is 3.21. The van der Waals surface area contributed by atoms with Crippen molar-refractivity contribution in [3.63, 3.8) is 0 Å². The third kappa shape index (κ3) is 2.47. The molecule has 1 N–H and O–H groups in total. The normalized spacial score (nSPS) is 23.3. The molecule has 0 aliphatic carbocycles. The summed E-state index contributed by atoms with van der Waals surface area (Å²) in [5.41, 5.74) is 0. The van der Waals surface area contributed by atoms with E-state index in [0.717, 1.165) is 17.1 Å². The number of rotatable bonds is 6. The zero-order chi connectivity index (χ0) is 13.3. The summed E-state index contributed by atoms with van der Waals surface area (Å²) >= 11 is 0. The van der Waals surface area contributed by atoms with Crippen molar-refractivity contribution in [2.24, 2.45) is 0 Å². The highest BCUT2D eigenvalue weighted by Crippen LogP contribution is 2.34. The number of sulfonamides is 1. The molecule has 1 unspecified atom stereocenters. The van der Waals surface area contributed by atoms with Crippen LogP contribution in [0.1, 0.15) is 40.5 Å². The molecule has 0 aromatic heterocycles. The molecule has 0 aromatic rings. The Labute approximate surface area is 104 Å². The zero-order valence-corrected chi connectivity index (χ0v) is 11.8. The van der Waals surface area contributed by atoms with Crippen LogP contribution in [0.3, 0.4) is 0 Å². The maximum atomic E-state index is 11.8. The molecule has 1 fully saturated rings. The number of hydrogen-bond acceptors (Lipinski definition) is 4. The summed E-state index contributed by atoms with van der Waals surface area (Å²) in [7, 11) is -3.42. The first-order chi connectivity index (χ1) is 7.75. The fourth-order valence-corrected chi connectivity index (χ4v) is 3.45. The van der Waals surface area contributed by atoms with Crippen molar-refractivity contribution in [3.8, 4) is 0 Å². The summed E-state index contributed by atoms with van der Waals surface area (Å²) in [6, 6.07) is 0.354. The van der Waals surface area contributed by atoms with Crippen LogP contribution in [0, 0.1) is 0 Å². The van der Waals surface area contributed by atoms with Gasteiger partial charge in [-0.25, -0.2) is 12.7 Å². The summed E-state index contributed by atoms with van der Waals surface area (Å²) in [5, 5.41) is 3.21. The van der Waals surface area contributed by atoms with Gasteiger partial charge in [-0.05, 0) is 27.2 Å². The van der Waals surface area contributed by atoms with Crippen LogP contribution in [-0.4, -0.2) is 42.5 Å².